The molecule has 1 aliphatic heterocycles. The van der Waals surface area contributed by atoms with Gasteiger partial charge in [0.25, 0.3) is 5.91 Å². The number of hydrogen-bond acceptors (Lipinski definition) is 5. The lowest BCUT2D eigenvalue weighted by atomic mass is 10.2. The second kappa shape index (κ2) is 8.43. The molecule has 1 aromatic heterocycles. The molecule has 0 spiro atoms. The van der Waals surface area contributed by atoms with Crippen LogP contribution < -0.4 is 4.74 Å². The van der Waals surface area contributed by atoms with Crippen molar-refractivity contribution in [3.8, 4) is 5.75 Å². The first kappa shape index (κ1) is 21.8. The topological polar surface area (TPSA) is 59.1 Å². The van der Waals surface area contributed by atoms with Gasteiger partial charge in [-0.2, -0.15) is 8.78 Å². The van der Waals surface area contributed by atoms with Crippen molar-refractivity contribution in [2.24, 2.45) is 0 Å². The Morgan fingerprint density at radius 3 is 2.31 bits per heavy atom. The molecule has 6 nitrogen and oxygen atoms in total. The zero-order valence-corrected chi connectivity index (χ0v) is 18.6. The van der Waals surface area contributed by atoms with E-state index in [2.05, 4.69) is 20.7 Å². The second-order valence-electron chi connectivity index (χ2n) is 7.57. The van der Waals surface area contributed by atoms with Crippen LogP contribution in [0.2, 0.25) is 0 Å². The molecule has 2 amide bonds. The van der Waals surface area contributed by atoms with E-state index in [1.807, 2.05) is 20.8 Å². The van der Waals surface area contributed by atoms with Crippen LogP contribution in [0, 0.1) is 0 Å². The number of thiophene rings is 1. The normalized spacial score (nSPS) is 15.1. The van der Waals surface area contributed by atoms with E-state index in [9.17, 15) is 18.4 Å². The van der Waals surface area contributed by atoms with Crippen LogP contribution in [-0.2, 0) is 4.74 Å². The molecule has 0 saturated carbocycles. The SMILES string of the molecule is CC(C)(C)OC(=O)N1CCN(C(=O)c2cc3cc(OC(F)F)c(Br)cc3s2)CC1. The summed E-state index contributed by atoms with van der Waals surface area (Å²) in [6, 6.07) is 4.82. The molecule has 2 aromatic rings. The van der Waals surface area contributed by atoms with Crippen molar-refractivity contribution in [3.05, 3.63) is 27.5 Å². The Morgan fingerprint density at radius 1 is 1.10 bits per heavy atom. The van der Waals surface area contributed by atoms with Crippen LogP contribution in [0.4, 0.5) is 13.6 Å². The third-order valence-corrected chi connectivity index (χ3v) is 5.92. The van der Waals surface area contributed by atoms with Crippen molar-refractivity contribution < 1.29 is 27.8 Å². The molecular formula is C19H21BrF2N2O4S. The van der Waals surface area contributed by atoms with Crippen LogP contribution in [0.1, 0.15) is 30.4 Å². The molecule has 0 N–H and O–H groups in total. The molecule has 3 rings (SSSR count). The number of amides is 2. The van der Waals surface area contributed by atoms with Crippen LogP contribution in [0.25, 0.3) is 10.1 Å². The first-order chi connectivity index (χ1) is 13.5. The lowest BCUT2D eigenvalue weighted by molar-refractivity contribution is -0.0502. The summed E-state index contributed by atoms with van der Waals surface area (Å²) in [4.78, 5) is 28.8. The lowest BCUT2D eigenvalue weighted by Gasteiger charge is -2.35. The molecule has 0 radical (unpaired) electrons. The maximum Gasteiger partial charge on any atom is 0.410 e. The van der Waals surface area contributed by atoms with Gasteiger partial charge in [-0.25, -0.2) is 4.79 Å². The van der Waals surface area contributed by atoms with Gasteiger partial charge in [0.1, 0.15) is 11.4 Å². The average Bonchev–Trinajstić information content (AvgIpc) is 3.02. The van der Waals surface area contributed by atoms with Crippen molar-refractivity contribution in [1.29, 1.82) is 0 Å². The molecule has 1 saturated heterocycles. The maximum absolute atomic E-state index is 12.9. The monoisotopic (exact) mass is 490 g/mol. The van der Waals surface area contributed by atoms with E-state index in [1.165, 1.54) is 17.4 Å². The smallest absolute Gasteiger partial charge is 0.410 e. The lowest BCUT2D eigenvalue weighted by Crippen LogP contribution is -2.51. The molecule has 1 aliphatic rings. The van der Waals surface area contributed by atoms with Crippen molar-refractivity contribution in [2.75, 3.05) is 26.2 Å². The van der Waals surface area contributed by atoms with Crippen LogP contribution in [0.5, 0.6) is 5.75 Å². The van der Waals surface area contributed by atoms with Gasteiger partial charge in [-0.1, -0.05) is 0 Å². The number of ether oxygens (including phenoxy) is 2. The third kappa shape index (κ3) is 5.36. The van der Waals surface area contributed by atoms with Gasteiger partial charge in [-0.3, -0.25) is 4.79 Å². The van der Waals surface area contributed by atoms with E-state index in [0.29, 0.717) is 40.9 Å². The number of rotatable bonds is 3. The zero-order chi connectivity index (χ0) is 21.3. The molecule has 10 heteroatoms. The summed E-state index contributed by atoms with van der Waals surface area (Å²) in [6.07, 6.45) is -0.386. The number of alkyl halides is 2. The minimum Gasteiger partial charge on any atom is -0.444 e. The number of nitrogens with zero attached hydrogens (tertiary/aromatic N) is 2. The molecular weight excluding hydrogens is 470 g/mol. The predicted octanol–water partition coefficient (Wildman–Crippen LogP) is 4.96. The Bertz CT molecular complexity index is 921. The Labute approximate surface area is 179 Å². The van der Waals surface area contributed by atoms with E-state index >= 15 is 0 Å². The average molecular weight is 491 g/mol. The number of halogens is 3. The first-order valence-electron chi connectivity index (χ1n) is 8.98. The molecule has 29 heavy (non-hydrogen) atoms. The summed E-state index contributed by atoms with van der Waals surface area (Å²) in [7, 11) is 0. The number of hydrogen-bond donors (Lipinski definition) is 0. The number of piperazine rings is 1. The molecule has 1 aromatic carbocycles. The van der Waals surface area contributed by atoms with E-state index < -0.39 is 12.2 Å². The largest absolute Gasteiger partial charge is 0.444 e. The van der Waals surface area contributed by atoms with Crippen LogP contribution in [0.15, 0.2) is 22.7 Å². The third-order valence-electron chi connectivity index (χ3n) is 4.22. The number of carbonyl (C=O) groups excluding carboxylic acids is 2. The molecule has 0 bridgehead atoms. The highest BCUT2D eigenvalue weighted by molar-refractivity contribution is 9.10. The van der Waals surface area contributed by atoms with E-state index in [0.717, 1.165) is 4.70 Å². The van der Waals surface area contributed by atoms with Gasteiger partial charge in [0.2, 0.25) is 0 Å². The summed E-state index contributed by atoms with van der Waals surface area (Å²) in [5, 5.41) is 0.657. The summed E-state index contributed by atoms with van der Waals surface area (Å²) in [6.45, 7) is 4.08. The molecule has 0 unspecified atom stereocenters. The van der Waals surface area contributed by atoms with Crippen molar-refractivity contribution in [2.45, 2.75) is 33.0 Å². The van der Waals surface area contributed by atoms with Crippen molar-refractivity contribution in [3.63, 3.8) is 0 Å². The fourth-order valence-electron chi connectivity index (χ4n) is 2.91. The van der Waals surface area contributed by atoms with Gasteiger partial charge in [0.15, 0.2) is 0 Å². The van der Waals surface area contributed by atoms with Crippen molar-refractivity contribution >= 4 is 49.4 Å². The fraction of sp³-hybridized carbons (Fsp3) is 0.474. The molecule has 2 heterocycles. The Kier molecular flexibility index (Phi) is 6.33. The highest BCUT2D eigenvalue weighted by Gasteiger charge is 2.28. The second-order valence-corrected chi connectivity index (χ2v) is 9.51. The highest BCUT2D eigenvalue weighted by atomic mass is 79.9. The van der Waals surface area contributed by atoms with Gasteiger partial charge in [0, 0.05) is 30.9 Å². The van der Waals surface area contributed by atoms with Crippen LogP contribution in [-0.4, -0.2) is 60.2 Å². The molecule has 0 atom stereocenters. The summed E-state index contributed by atoms with van der Waals surface area (Å²) >= 11 is 4.50. The van der Waals surface area contributed by atoms with Crippen LogP contribution >= 0.6 is 27.3 Å². The van der Waals surface area contributed by atoms with E-state index in [-0.39, 0.29) is 17.7 Å². The molecule has 1 fully saturated rings. The van der Waals surface area contributed by atoms with Gasteiger partial charge >= 0.3 is 12.7 Å². The van der Waals surface area contributed by atoms with Crippen molar-refractivity contribution in [1.82, 2.24) is 9.80 Å². The van der Waals surface area contributed by atoms with Gasteiger partial charge < -0.3 is 19.3 Å². The number of fused-ring (bicyclic) bond motifs is 1. The molecule has 0 aliphatic carbocycles. The standard InChI is InChI=1S/C19H21BrF2N2O4S/c1-19(2,3)28-18(26)24-6-4-23(5-7-24)16(25)15-9-11-8-13(27-17(21)22)12(20)10-14(11)29-15/h8-10,17H,4-7H2,1-3H3. The minimum atomic E-state index is -2.93. The Hall–Kier alpha value is -1.94. The minimum absolute atomic E-state index is 0.0234. The quantitative estimate of drug-likeness (QED) is 0.610. The zero-order valence-electron chi connectivity index (χ0n) is 16.2. The summed E-state index contributed by atoms with van der Waals surface area (Å²) in [5.74, 6) is -0.127. The number of benzene rings is 1. The number of carbonyl (C=O) groups is 2. The Morgan fingerprint density at radius 2 is 1.72 bits per heavy atom. The Balaban J connectivity index is 1.68. The maximum atomic E-state index is 12.9. The van der Waals surface area contributed by atoms with Crippen LogP contribution in [0.3, 0.4) is 0 Å². The molecule has 158 valence electrons. The summed E-state index contributed by atoms with van der Waals surface area (Å²) < 4.78 is 36.1. The van der Waals surface area contributed by atoms with Gasteiger partial charge in [0.05, 0.1) is 9.35 Å². The summed E-state index contributed by atoms with van der Waals surface area (Å²) in [5.41, 5.74) is -0.567. The van der Waals surface area contributed by atoms with Gasteiger partial charge in [-0.15, -0.1) is 11.3 Å². The predicted molar refractivity (Wildman–Crippen MR) is 110 cm³/mol. The van der Waals surface area contributed by atoms with E-state index in [4.69, 9.17) is 4.74 Å². The fourth-order valence-corrected chi connectivity index (χ4v) is 4.55. The van der Waals surface area contributed by atoms with Gasteiger partial charge in [-0.05, 0) is 60.3 Å². The first-order valence-corrected chi connectivity index (χ1v) is 10.6. The highest BCUT2D eigenvalue weighted by Crippen LogP contribution is 2.36. The van der Waals surface area contributed by atoms with E-state index in [1.54, 1.807) is 21.9 Å².